The summed E-state index contributed by atoms with van der Waals surface area (Å²) >= 11 is 5.47. The highest BCUT2D eigenvalue weighted by atomic mass is 79.9. The van der Waals surface area contributed by atoms with Crippen LogP contribution in [0.4, 0.5) is 0 Å². The van der Waals surface area contributed by atoms with Crippen molar-refractivity contribution in [3.8, 4) is 11.1 Å². The quantitative estimate of drug-likeness (QED) is 0.477. The summed E-state index contributed by atoms with van der Waals surface area (Å²) in [5.41, 5.74) is 5.79. The molecule has 1 heterocycles. The summed E-state index contributed by atoms with van der Waals surface area (Å²) in [5.74, 6) is 0. The number of fused-ring (bicyclic) bond motifs is 4. The Bertz CT molecular complexity index is 811. The molecular weight excluding hydrogens is 316 g/mol. The van der Waals surface area contributed by atoms with E-state index in [0.29, 0.717) is 0 Å². The summed E-state index contributed by atoms with van der Waals surface area (Å²) in [4.78, 5) is 0. The van der Waals surface area contributed by atoms with Crippen LogP contribution in [0.1, 0.15) is 25.0 Å². The van der Waals surface area contributed by atoms with Gasteiger partial charge in [0.05, 0.1) is 0 Å². The summed E-state index contributed by atoms with van der Waals surface area (Å²) in [7, 11) is 0. The lowest BCUT2D eigenvalue weighted by Crippen LogP contribution is -2.14. The van der Waals surface area contributed by atoms with Crippen molar-refractivity contribution in [2.24, 2.45) is 0 Å². The Kier molecular flexibility index (Phi) is 2.28. The summed E-state index contributed by atoms with van der Waals surface area (Å²) < 4.78 is 2.57. The molecule has 0 spiro atoms. The molecule has 19 heavy (non-hydrogen) atoms. The van der Waals surface area contributed by atoms with Gasteiger partial charge in [0.15, 0.2) is 0 Å². The molecule has 1 aromatic heterocycles. The van der Waals surface area contributed by atoms with Crippen LogP contribution in [-0.4, -0.2) is 0 Å². The third-order valence-corrected chi connectivity index (χ3v) is 6.13. The second-order valence-corrected chi connectivity index (χ2v) is 7.41. The van der Waals surface area contributed by atoms with E-state index in [2.05, 4.69) is 71.6 Å². The van der Waals surface area contributed by atoms with Gasteiger partial charge in [-0.3, -0.25) is 0 Å². The van der Waals surface area contributed by atoms with E-state index in [4.69, 9.17) is 0 Å². The van der Waals surface area contributed by atoms with E-state index in [0.717, 1.165) is 0 Å². The Hall–Kier alpha value is -1.12. The smallest absolute Gasteiger partial charge is 0.0361 e. The minimum absolute atomic E-state index is 0.108. The fourth-order valence-electron chi connectivity index (χ4n) is 3.19. The number of hydrogen-bond acceptors (Lipinski definition) is 1. The Morgan fingerprint density at radius 2 is 1.79 bits per heavy atom. The van der Waals surface area contributed by atoms with Crippen molar-refractivity contribution in [3.05, 3.63) is 57.4 Å². The normalized spacial score (nSPS) is 15.5. The van der Waals surface area contributed by atoms with Gasteiger partial charge in [-0.2, -0.15) is 0 Å². The standard InChI is InChI=1S/C17H13BrS/c1-17(2)13-6-4-3-5-10(13)11-7-12-15(18)9-19-16(12)8-14(11)17/h3-9H,1-2H3. The van der Waals surface area contributed by atoms with Crippen LogP contribution in [0, 0.1) is 0 Å². The monoisotopic (exact) mass is 328 g/mol. The molecule has 1 aliphatic rings. The zero-order valence-electron chi connectivity index (χ0n) is 10.8. The van der Waals surface area contributed by atoms with Gasteiger partial charge >= 0.3 is 0 Å². The number of benzene rings is 2. The summed E-state index contributed by atoms with van der Waals surface area (Å²) in [6.45, 7) is 4.65. The van der Waals surface area contributed by atoms with Crippen molar-refractivity contribution in [3.63, 3.8) is 0 Å². The van der Waals surface area contributed by atoms with Crippen LogP contribution in [0.5, 0.6) is 0 Å². The van der Waals surface area contributed by atoms with Gasteiger partial charge in [0.2, 0.25) is 0 Å². The highest BCUT2D eigenvalue weighted by molar-refractivity contribution is 9.10. The molecule has 0 amide bonds. The van der Waals surface area contributed by atoms with Crippen molar-refractivity contribution in [1.29, 1.82) is 0 Å². The van der Waals surface area contributed by atoms with E-state index in [1.165, 1.54) is 36.8 Å². The summed E-state index contributed by atoms with van der Waals surface area (Å²) in [6, 6.07) is 13.5. The average Bonchev–Trinajstić information content (AvgIpc) is 2.88. The average molecular weight is 329 g/mol. The van der Waals surface area contributed by atoms with Gasteiger partial charge in [-0.25, -0.2) is 0 Å². The van der Waals surface area contributed by atoms with Gasteiger partial charge in [-0.05, 0) is 50.3 Å². The molecular formula is C17H13BrS. The first kappa shape index (κ1) is 11.7. The van der Waals surface area contributed by atoms with E-state index in [1.54, 1.807) is 0 Å². The third kappa shape index (κ3) is 1.44. The van der Waals surface area contributed by atoms with E-state index in [-0.39, 0.29) is 5.41 Å². The van der Waals surface area contributed by atoms with Crippen molar-refractivity contribution < 1.29 is 0 Å². The fraction of sp³-hybridized carbons (Fsp3) is 0.176. The predicted molar refractivity (Wildman–Crippen MR) is 87.1 cm³/mol. The van der Waals surface area contributed by atoms with Crippen LogP contribution in [0.25, 0.3) is 21.2 Å². The lowest BCUT2D eigenvalue weighted by Gasteiger charge is -2.21. The molecule has 0 bridgehead atoms. The van der Waals surface area contributed by atoms with Crippen molar-refractivity contribution in [1.82, 2.24) is 0 Å². The number of halogens is 1. The van der Waals surface area contributed by atoms with Gasteiger partial charge < -0.3 is 0 Å². The molecule has 4 rings (SSSR count). The predicted octanol–water partition coefficient (Wildman–Crippen LogP) is 5.97. The molecule has 2 heteroatoms. The van der Waals surface area contributed by atoms with Crippen molar-refractivity contribution >= 4 is 37.4 Å². The lowest BCUT2D eigenvalue weighted by atomic mass is 9.82. The lowest BCUT2D eigenvalue weighted by molar-refractivity contribution is 0.661. The topological polar surface area (TPSA) is 0 Å². The minimum Gasteiger partial charge on any atom is -0.143 e. The van der Waals surface area contributed by atoms with Gasteiger partial charge in [-0.1, -0.05) is 38.1 Å². The SMILES string of the molecule is CC1(C)c2ccccc2-c2cc3c(Br)csc3cc21. The molecule has 0 atom stereocenters. The third-order valence-electron chi connectivity index (χ3n) is 4.23. The first-order valence-corrected chi connectivity index (χ1v) is 8.07. The Balaban J connectivity index is 2.16. The van der Waals surface area contributed by atoms with E-state index in [9.17, 15) is 0 Å². The number of rotatable bonds is 0. The van der Waals surface area contributed by atoms with Crippen molar-refractivity contribution in [2.45, 2.75) is 19.3 Å². The number of thiophene rings is 1. The molecule has 0 aliphatic heterocycles. The Labute approximate surface area is 125 Å². The Morgan fingerprint density at radius 3 is 2.63 bits per heavy atom. The van der Waals surface area contributed by atoms with Gasteiger partial charge in [0.25, 0.3) is 0 Å². The van der Waals surface area contributed by atoms with Gasteiger partial charge in [-0.15, -0.1) is 11.3 Å². The van der Waals surface area contributed by atoms with Crippen molar-refractivity contribution in [2.75, 3.05) is 0 Å². The van der Waals surface area contributed by atoms with Crippen LogP contribution in [0.3, 0.4) is 0 Å². The summed E-state index contributed by atoms with van der Waals surface area (Å²) in [6.07, 6.45) is 0. The van der Waals surface area contributed by atoms with Crippen LogP contribution in [-0.2, 0) is 5.41 Å². The molecule has 1 aliphatic carbocycles. The van der Waals surface area contributed by atoms with Crippen LogP contribution >= 0.6 is 27.3 Å². The molecule has 0 N–H and O–H groups in total. The first-order chi connectivity index (χ1) is 9.09. The largest absolute Gasteiger partial charge is 0.143 e. The molecule has 0 unspecified atom stereocenters. The summed E-state index contributed by atoms with van der Waals surface area (Å²) in [5, 5.41) is 3.51. The van der Waals surface area contributed by atoms with Crippen LogP contribution < -0.4 is 0 Å². The second kappa shape index (κ2) is 3.71. The first-order valence-electron chi connectivity index (χ1n) is 6.40. The maximum absolute atomic E-state index is 3.65. The zero-order chi connectivity index (χ0) is 13.2. The maximum atomic E-state index is 3.65. The van der Waals surface area contributed by atoms with Gasteiger partial charge in [0.1, 0.15) is 0 Å². The highest BCUT2D eigenvalue weighted by Gasteiger charge is 2.35. The molecule has 0 saturated heterocycles. The van der Waals surface area contributed by atoms with E-state index >= 15 is 0 Å². The Morgan fingerprint density at radius 1 is 1.00 bits per heavy atom. The van der Waals surface area contributed by atoms with E-state index in [1.807, 2.05) is 11.3 Å². The highest BCUT2D eigenvalue weighted by Crippen LogP contribution is 2.50. The van der Waals surface area contributed by atoms with Gasteiger partial charge in [0, 0.05) is 25.4 Å². The molecule has 0 nitrogen and oxygen atoms in total. The number of hydrogen-bond donors (Lipinski definition) is 0. The molecule has 3 aromatic rings. The molecule has 0 radical (unpaired) electrons. The fourth-order valence-corrected chi connectivity index (χ4v) is 4.77. The van der Waals surface area contributed by atoms with E-state index < -0.39 is 0 Å². The molecule has 0 saturated carbocycles. The minimum atomic E-state index is 0.108. The molecule has 0 fully saturated rings. The zero-order valence-corrected chi connectivity index (χ0v) is 13.2. The van der Waals surface area contributed by atoms with Crippen LogP contribution in [0.2, 0.25) is 0 Å². The molecule has 94 valence electrons. The second-order valence-electron chi connectivity index (χ2n) is 5.65. The van der Waals surface area contributed by atoms with Crippen LogP contribution in [0.15, 0.2) is 46.3 Å². The molecule has 2 aromatic carbocycles. The maximum Gasteiger partial charge on any atom is 0.0361 e.